The molecule has 0 bridgehead atoms. The van der Waals surface area contributed by atoms with Crippen LogP contribution in [-0.4, -0.2) is 47.3 Å². The fourth-order valence-electron chi connectivity index (χ4n) is 2.96. The van der Waals surface area contributed by atoms with Crippen LogP contribution in [-0.2, 0) is 22.4 Å². The quantitative estimate of drug-likeness (QED) is 0.942. The number of fused-ring (bicyclic) bond motifs is 1. The van der Waals surface area contributed by atoms with Gasteiger partial charge in [-0.25, -0.2) is 0 Å². The maximum Gasteiger partial charge on any atom is 0.248 e. The van der Waals surface area contributed by atoms with Gasteiger partial charge in [0.15, 0.2) is 0 Å². The van der Waals surface area contributed by atoms with Gasteiger partial charge in [-0.05, 0) is 20.3 Å². The molecule has 0 unspecified atom stereocenters. The van der Waals surface area contributed by atoms with E-state index in [4.69, 9.17) is 4.74 Å². The van der Waals surface area contributed by atoms with Crippen molar-refractivity contribution in [2.24, 2.45) is 0 Å². The summed E-state index contributed by atoms with van der Waals surface area (Å²) in [4.78, 5) is 14.0. The molecule has 0 atom stereocenters. The summed E-state index contributed by atoms with van der Waals surface area (Å²) in [6, 6.07) is 8.42. The molecule has 1 aromatic heterocycles. The van der Waals surface area contributed by atoms with Gasteiger partial charge in [0.25, 0.3) is 0 Å². The number of carbonyl (C=O) groups is 1. The molecule has 0 fully saturated rings. The van der Waals surface area contributed by atoms with Crippen molar-refractivity contribution in [1.82, 2.24) is 15.1 Å². The van der Waals surface area contributed by atoms with E-state index in [2.05, 4.69) is 41.4 Å². The topological polar surface area (TPSA) is 58.2 Å². The first-order valence-electron chi connectivity index (χ1n) is 8.17. The number of nitrogens with one attached hydrogen (secondary N) is 1. The molecular weight excluding hydrogens is 290 g/mol. The molecule has 23 heavy (non-hydrogen) atoms. The van der Waals surface area contributed by atoms with Crippen LogP contribution in [0.25, 0.3) is 11.3 Å². The van der Waals surface area contributed by atoms with Gasteiger partial charge in [-0.3, -0.25) is 9.89 Å². The summed E-state index contributed by atoms with van der Waals surface area (Å²) < 4.78 is 5.24. The molecule has 2 aromatic rings. The Balaban J connectivity index is 1.76. The third-order valence-corrected chi connectivity index (χ3v) is 4.32. The highest BCUT2D eigenvalue weighted by atomic mass is 16.5. The lowest BCUT2D eigenvalue weighted by atomic mass is 10.0. The van der Waals surface area contributed by atoms with Crippen molar-refractivity contribution < 1.29 is 9.53 Å². The maximum absolute atomic E-state index is 12.2. The molecule has 2 heterocycles. The lowest BCUT2D eigenvalue weighted by Crippen LogP contribution is -2.36. The molecule has 5 heteroatoms. The number of hydrogen-bond donors (Lipinski definition) is 1. The van der Waals surface area contributed by atoms with Gasteiger partial charge in [0.2, 0.25) is 5.91 Å². The first-order chi connectivity index (χ1) is 11.2. The Bertz CT molecular complexity index is 676. The monoisotopic (exact) mass is 313 g/mol. The average Bonchev–Trinajstić information content (AvgIpc) is 2.84. The van der Waals surface area contributed by atoms with Gasteiger partial charge in [0, 0.05) is 42.9 Å². The fraction of sp³-hybridized carbons (Fsp3) is 0.444. The van der Waals surface area contributed by atoms with Crippen molar-refractivity contribution in [1.29, 1.82) is 0 Å². The Morgan fingerprint density at radius 2 is 2.00 bits per heavy atom. The fourth-order valence-corrected chi connectivity index (χ4v) is 2.96. The van der Waals surface area contributed by atoms with E-state index < -0.39 is 0 Å². The van der Waals surface area contributed by atoms with E-state index in [1.807, 2.05) is 11.8 Å². The van der Waals surface area contributed by atoms with Crippen LogP contribution < -0.4 is 0 Å². The van der Waals surface area contributed by atoms with Crippen LogP contribution in [0.1, 0.15) is 23.7 Å². The van der Waals surface area contributed by atoms with Gasteiger partial charge in [-0.1, -0.05) is 29.8 Å². The molecule has 0 saturated heterocycles. The zero-order valence-corrected chi connectivity index (χ0v) is 13.8. The summed E-state index contributed by atoms with van der Waals surface area (Å²) in [6.07, 6.45) is 1.64. The normalized spacial score (nSPS) is 14.4. The first-order valence-corrected chi connectivity index (χ1v) is 8.17. The lowest BCUT2D eigenvalue weighted by molar-refractivity contribution is -0.135. The number of carbonyl (C=O) groups excluding carboxylic acids is 1. The minimum atomic E-state index is 0.0712. The number of rotatable bonds is 4. The summed E-state index contributed by atoms with van der Waals surface area (Å²) in [5, 5.41) is 7.67. The standard InChI is InChI=1S/C18H23N3O2/c1-3-23-12-17(22)21-10-8-15-16(9-11-21)19-20-18(15)14-6-4-13(2)5-7-14/h4-7H,3,8-12H2,1-2H3,(H,19,20). The largest absolute Gasteiger partial charge is 0.372 e. The molecule has 1 amide bonds. The second-order valence-corrected chi connectivity index (χ2v) is 5.91. The smallest absolute Gasteiger partial charge is 0.248 e. The van der Waals surface area contributed by atoms with Gasteiger partial charge >= 0.3 is 0 Å². The Morgan fingerprint density at radius 3 is 2.74 bits per heavy atom. The third kappa shape index (κ3) is 3.45. The molecule has 1 N–H and O–H groups in total. The Kier molecular flexibility index (Phi) is 4.76. The van der Waals surface area contributed by atoms with Crippen LogP contribution >= 0.6 is 0 Å². The molecule has 0 spiro atoms. The molecular formula is C18H23N3O2. The predicted molar refractivity (Wildman–Crippen MR) is 89.2 cm³/mol. The number of aromatic nitrogens is 2. The zero-order valence-electron chi connectivity index (χ0n) is 13.8. The summed E-state index contributed by atoms with van der Waals surface area (Å²) in [6.45, 7) is 6.16. The zero-order chi connectivity index (χ0) is 16.2. The van der Waals surface area contributed by atoms with E-state index in [0.717, 1.165) is 36.3 Å². The Hall–Kier alpha value is -2.14. The van der Waals surface area contributed by atoms with Crippen LogP contribution in [0.3, 0.4) is 0 Å². The summed E-state index contributed by atoms with van der Waals surface area (Å²) in [5.41, 5.74) is 5.76. The Labute approximate surface area is 136 Å². The second kappa shape index (κ2) is 6.96. The third-order valence-electron chi connectivity index (χ3n) is 4.32. The number of aromatic amines is 1. The predicted octanol–water partition coefficient (Wildman–Crippen LogP) is 2.35. The van der Waals surface area contributed by atoms with Crippen molar-refractivity contribution >= 4 is 5.91 Å². The molecule has 0 saturated carbocycles. The second-order valence-electron chi connectivity index (χ2n) is 5.91. The number of amides is 1. The van der Waals surface area contributed by atoms with Crippen LogP contribution in [0, 0.1) is 6.92 Å². The van der Waals surface area contributed by atoms with Crippen molar-refractivity contribution in [2.45, 2.75) is 26.7 Å². The van der Waals surface area contributed by atoms with Crippen LogP contribution in [0.15, 0.2) is 24.3 Å². The lowest BCUT2D eigenvalue weighted by Gasteiger charge is -2.20. The molecule has 0 radical (unpaired) electrons. The Morgan fingerprint density at radius 1 is 1.26 bits per heavy atom. The highest BCUT2D eigenvalue weighted by Gasteiger charge is 2.22. The van der Waals surface area contributed by atoms with E-state index in [1.54, 1.807) is 0 Å². The SMILES string of the molecule is CCOCC(=O)N1CCc2[nH]nc(-c3ccc(C)cc3)c2CC1. The van der Waals surface area contributed by atoms with Gasteiger partial charge in [-0.2, -0.15) is 5.10 Å². The van der Waals surface area contributed by atoms with E-state index >= 15 is 0 Å². The number of benzene rings is 1. The van der Waals surface area contributed by atoms with Crippen molar-refractivity contribution in [2.75, 3.05) is 26.3 Å². The van der Waals surface area contributed by atoms with E-state index in [1.165, 1.54) is 11.1 Å². The maximum atomic E-state index is 12.2. The van der Waals surface area contributed by atoms with Crippen LogP contribution in [0.5, 0.6) is 0 Å². The van der Waals surface area contributed by atoms with Crippen molar-refractivity contribution in [3.63, 3.8) is 0 Å². The highest BCUT2D eigenvalue weighted by Crippen LogP contribution is 2.26. The first kappa shape index (κ1) is 15.7. The molecule has 5 nitrogen and oxygen atoms in total. The molecule has 0 aliphatic carbocycles. The molecule has 1 aliphatic rings. The summed E-state index contributed by atoms with van der Waals surface area (Å²) in [7, 11) is 0. The average molecular weight is 313 g/mol. The van der Waals surface area contributed by atoms with Gasteiger partial charge in [0.05, 0.1) is 5.69 Å². The summed E-state index contributed by atoms with van der Waals surface area (Å²) >= 11 is 0. The minimum absolute atomic E-state index is 0.0712. The van der Waals surface area contributed by atoms with Crippen LogP contribution in [0.4, 0.5) is 0 Å². The van der Waals surface area contributed by atoms with Crippen molar-refractivity contribution in [3.05, 3.63) is 41.1 Å². The number of aryl methyl sites for hydroxylation is 1. The van der Waals surface area contributed by atoms with Gasteiger partial charge < -0.3 is 9.64 Å². The van der Waals surface area contributed by atoms with Crippen molar-refractivity contribution in [3.8, 4) is 11.3 Å². The number of H-pyrrole nitrogens is 1. The van der Waals surface area contributed by atoms with Gasteiger partial charge in [-0.15, -0.1) is 0 Å². The van der Waals surface area contributed by atoms with E-state index in [-0.39, 0.29) is 12.5 Å². The summed E-state index contributed by atoms with van der Waals surface area (Å²) in [5.74, 6) is 0.0712. The number of hydrogen-bond acceptors (Lipinski definition) is 3. The molecule has 1 aliphatic heterocycles. The minimum Gasteiger partial charge on any atom is -0.372 e. The van der Waals surface area contributed by atoms with Gasteiger partial charge in [0.1, 0.15) is 6.61 Å². The number of ether oxygens (including phenoxy) is 1. The molecule has 122 valence electrons. The highest BCUT2D eigenvalue weighted by molar-refractivity contribution is 5.77. The molecule has 1 aromatic carbocycles. The van der Waals surface area contributed by atoms with Crippen LogP contribution in [0.2, 0.25) is 0 Å². The number of nitrogens with zero attached hydrogens (tertiary/aromatic N) is 2. The molecule has 3 rings (SSSR count). The van der Waals surface area contributed by atoms with E-state index in [9.17, 15) is 4.79 Å². The van der Waals surface area contributed by atoms with E-state index in [0.29, 0.717) is 13.2 Å².